The highest BCUT2D eigenvalue weighted by Gasteiger charge is 2.33. The molecule has 2 N–H and O–H groups in total. The van der Waals surface area contributed by atoms with Gasteiger partial charge in [0.05, 0.1) is 27.7 Å². The van der Waals surface area contributed by atoms with E-state index in [-0.39, 0.29) is 28.6 Å². The maximum absolute atomic E-state index is 13.5. The number of benzene rings is 2. The summed E-state index contributed by atoms with van der Waals surface area (Å²) in [6.45, 7) is 0. The molecule has 4 aromatic rings. The van der Waals surface area contributed by atoms with Crippen LogP contribution in [0.1, 0.15) is 22.6 Å². The maximum Gasteiger partial charge on any atom is 0.274 e. The van der Waals surface area contributed by atoms with Crippen molar-refractivity contribution in [3.8, 4) is 11.9 Å². The van der Waals surface area contributed by atoms with Crippen LogP contribution in [0.4, 0.5) is 14.6 Å². The third kappa shape index (κ3) is 3.09. The van der Waals surface area contributed by atoms with E-state index in [9.17, 15) is 18.8 Å². The SMILES string of the molecule is N#CC1=c2s/c(=C/c3ccc(F)cc3)c(=O)n2-c2ncnc(N)c2C1c1ccc(F)cc1. The molecule has 32 heavy (non-hydrogen) atoms. The number of hydrogen-bond acceptors (Lipinski definition) is 6. The highest BCUT2D eigenvalue weighted by Crippen LogP contribution is 2.39. The molecule has 1 aliphatic rings. The molecular formula is C23H13F2N5OS. The fourth-order valence-corrected chi connectivity index (χ4v) is 4.90. The lowest BCUT2D eigenvalue weighted by Crippen LogP contribution is -2.36. The zero-order chi connectivity index (χ0) is 22.4. The smallest absolute Gasteiger partial charge is 0.274 e. The molecule has 0 saturated heterocycles. The van der Waals surface area contributed by atoms with Gasteiger partial charge < -0.3 is 5.73 Å². The predicted octanol–water partition coefficient (Wildman–Crippen LogP) is 2.20. The third-order valence-corrected chi connectivity index (χ3v) is 6.34. The lowest BCUT2D eigenvalue weighted by atomic mass is 9.84. The summed E-state index contributed by atoms with van der Waals surface area (Å²) < 4.78 is 28.9. The molecule has 1 atom stereocenters. The summed E-state index contributed by atoms with van der Waals surface area (Å²) in [7, 11) is 0. The van der Waals surface area contributed by atoms with Gasteiger partial charge in [0, 0.05) is 0 Å². The highest BCUT2D eigenvalue weighted by molar-refractivity contribution is 7.07. The summed E-state index contributed by atoms with van der Waals surface area (Å²) in [4.78, 5) is 21.7. The molecule has 1 aliphatic heterocycles. The Balaban J connectivity index is 1.87. The number of halogens is 2. The number of nitrogens with two attached hydrogens (primary N) is 1. The molecule has 3 heterocycles. The molecular weight excluding hydrogens is 432 g/mol. The average Bonchev–Trinajstić information content (AvgIpc) is 3.11. The summed E-state index contributed by atoms with van der Waals surface area (Å²) in [5.41, 5.74) is 7.75. The van der Waals surface area contributed by atoms with Gasteiger partial charge in [0.15, 0.2) is 5.82 Å². The molecule has 2 aromatic carbocycles. The van der Waals surface area contributed by atoms with Crippen molar-refractivity contribution in [2.24, 2.45) is 0 Å². The van der Waals surface area contributed by atoms with E-state index < -0.39 is 11.7 Å². The summed E-state index contributed by atoms with van der Waals surface area (Å²) >= 11 is 1.13. The molecule has 0 bridgehead atoms. The lowest BCUT2D eigenvalue weighted by molar-refractivity contribution is 0.626. The molecule has 0 amide bonds. The Kier molecular flexibility index (Phi) is 4.64. The zero-order valence-electron chi connectivity index (χ0n) is 16.3. The molecule has 0 fully saturated rings. The van der Waals surface area contributed by atoms with Crippen molar-refractivity contribution in [2.75, 3.05) is 5.73 Å². The third-order valence-electron chi connectivity index (χ3n) is 5.23. The first-order chi connectivity index (χ1) is 15.5. The Labute approximate surface area is 183 Å². The van der Waals surface area contributed by atoms with Crippen molar-refractivity contribution < 1.29 is 8.78 Å². The first-order valence-corrected chi connectivity index (χ1v) is 10.3. The van der Waals surface area contributed by atoms with Gasteiger partial charge in [-0.15, -0.1) is 11.3 Å². The van der Waals surface area contributed by atoms with Gasteiger partial charge in [-0.25, -0.2) is 23.3 Å². The topological polar surface area (TPSA) is 97.6 Å². The van der Waals surface area contributed by atoms with E-state index in [1.807, 2.05) is 0 Å². The Morgan fingerprint density at radius 3 is 2.38 bits per heavy atom. The summed E-state index contributed by atoms with van der Waals surface area (Å²) in [6.07, 6.45) is 2.88. The van der Waals surface area contributed by atoms with Crippen molar-refractivity contribution >= 4 is 28.8 Å². The fourth-order valence-electron chi connectivity index (χ4n) is 3.79. The van der Waals surface area contributed by atoms with Crippen molar-refractivity contribution in [1.82, 2.24) is 14.5 Å². The minimum absolute atomic E-state index is 0.130. The van der Waals surface area contributed by atoms with E-state index >= 15 is 0 Å². The van der Waals surface area contributed by atoms with E-state index in [1.165, 1.54) is 35.2 Å². The summed E-state index contributed by atoms with van der Waals surface area (Å²) in [6, 6.07) is 13.7. The Morgan fingerprint density at radius 2 is 1.72 bits per heavy atom. The molecule has 6 nitrogen and oxygen atoms in total. The van der Waals surface area contributed by atoms with E-state index in [1.54, 1.807) is 30.3 Å². The van der Waals surface area contributed by atoms with Crippen molar-refractivity contribution in [2.45, 2.75) is 5.92 Å². The average molecular weight is 445 g/mol. The van der Waals surface area contributed by atoms with Gasteiger partial charge >= 0.3 is 0 Å². The van der Waals surface area contributed by atoms with Gasteiger partial charge in [0.25, 0.3) is 5.56 Å². The molecule has 5 rings (SSSR count). The zero-order valence-corrected chi connectivity index (χ0v) is 17.1. The molecule has 0 aliphatic carbocycles. The van der Waals surface area contributed by atoms with Crippen molar-refractivity contribution in [3.63, 3.8) is 0 Å². The standard InChI is InChI=1S/C23H13F2N5OS/c24-14-5-1-12(2-6-14)9-17-22(31)30-21-19(20(27)28-11-29-21)18(16(10-26)23(30)32-17)13-3-7-15(25)8-4-13/h1-9,11,18H,(H2,27,28,29)/b17-9+. The van der Waals surface area contributed by atoms with E-state index in [0.717, 1.165) is 11.3 Å². The first kappa shape index (κ1) is 19.8. The van der Waals surface area contributed by atoms with Crippen LogP contribution in [0.3, 0.4) is 0 Å². The molecule has 156 valence electrons. The number of thiazole rings is 1. The lowest BCUT2D eigenvalue weighted by Gasteiger charge is -2.24. The maximum atomic E-state index is 13.5. The van der Waals surface area contributed by atoms with E-state index in [2.05, 4.69) is 16.0 Å². The quantitative estimate of drug-likeness (QED) is 0.510. The van der Waals surface area contributed by atoms with Crippen LogP contribution in [-0.4, -0.2) is 14.5 Å². The second-order valence-corrected chi connectivity index (χ2v) is 8.14. The number of anilines is 1. The molecule has 1 unspecified atom stereocenters. The normalized spacial score (nSPS) is 15.2. The number of nitriles is 1. The second kappa shape index (κ2) is 7.51. The van der Waals surface area contributed by atoms with Gasteiger partial charge in [-0.3, -0.25) is 4.79 Å². The van der Waals surface area contributed by atoms with Gasteiger partial charge in [-0.1, -0.05) is 24.3 Å². The van der Waals surface area contributed by atoms with Crippen molar-refractivity contribution in [3.05, 3.63) is 103 Å². The van der Waals surface area contributed by atoms with Crippen LogP contribution in [0.25, 0.3) is 17.5 Å². The molecule has 0 radical (unpaired) electrons. The Bertz CT molecular complexity index is 1580. The van der Waals surface area contributed by atoms with Crippen LogP contribution < -0.4 is 20.5 Å². The monoisotopic (exact) mass is 445 g/mol. The van der Waals surface area contributed by atoms with Crippen LogP contribution in [0.2, 0.25) is 0 Å². The van der Waals surface area contributed by atoms with Crippen LogP contribution in [0.15, 0.2) is 59.7 Å². The largest absolute Gasteiger partial charge is 0.383 e. The number of rotatable bonds is 2. The predicted molar refractivity (Wildman–Crippen MR) is 116 cm³/mol. The number of aromatic nitrogens is 3. The van der Waals surface area contributed by atoms with Crippen molar-refractivity contribution in [1.29, 1.82) is 5.26 Å². The number of nitrogen functional groups attached to an aromatic ring is 1. The summed E-state index contributed by atoms with van der Waals surface area (Å²) in [5, 5.41) is 10.1. The van der Waals surface area contributed by atoms with Gasteiger partial charge in [0.2, 0.25) is 0 Å². The van der Waals surface area contributed by atoms with Crippen LogP contribution in [-0.2, 0) is 0 Å². The number of hydrogen-bond donors (Lipinski definition) is 1. The minimum atomic E-state index is -0.659. The Morgan fingerprint density at radius 1 is 1.06 bits per heavy atom. The first-order valence-electron chi connectivity index (χ1n) is 9.47. The van der Waals surface area contributed by atoms with E-state index in [0.29, 0.717) is 25.9 Å². The van der Waals surface area contributed by atoms with Crippen LogP contribution in [0.5, 0.6) is 0 Å². The van der Waals surface area contributed by atoms with Gasteiger partial charge in [0.1, 0.15) is 28.4 Å². The highest BCUT2D eigenvalue weighted by atomic mass is 32.1. The minimum Gasteiger partial charge on any atom is -0.383 e. The molecule has 0 spiro atoms. The Hall–Kier alpha value is -4.16. The summed E-state index contributed by atoms with van der Waals surface area (Å²) in [5.74, 6) is -1.04. The van der Waals surface area contributed by atoms with Gasteiger partial charge in [-0.05, 0) is 41.5 Å². The van der Waals surface area contributed by atoms with E-state index in [4.69, 9.17) is 5.73 Å². The molecule has 9 heteroatoms. The van der Waals surface area contributed by atoms with Gasteiger partial charge in [-0.2, -0.15) is 5.26 Å². The number of fused-ring (bicyclic) bond motifs is 3. The second-order valence-electron chi connectivity index (χ2n) is 7.11. The number of nitrogens with zero attached hydrogens (tertiary/aromatic N) is 4. The van der Waals surface area contributed by atoms with Crippen LogP contribution >= 0.6 is 11.3 Å². The molecule has 2 aromatic heterocycles. The fraction of sp³-hybridized carbons (Fsp3) is 0.0435. The molecule has 0 saturated carbocycles. The van der Waals surface area contributed by atoms with Crippen LogP contribution in [0, 0.1) is 23.0 Å².